The summed E-state index contributed by atoms with van der Waals surface area (Å²) in [6.45, 7) is 0. The van der Waals surface area contributed by atoms with Gasteiger partial charge in [-0.15, -0.1) is 0 Å². The van der Waals surface area contributed by atoms with E-state index < -0.39 is 5.91 Å². The van der Waals surface area contributed by atoms with Gasteiger partial charge in [0.15, 0.2) is 5.76 Å². The summed E-state index contributed by atoms with van der Waals surface area (Å²) >= 11 is 9.50. The molecule has 0 bridgehead atoms. The molecule has 3 aromatic carbocycles. The van der Waals surface area contributed by atoms with Crippen molar-refractivity contribution >= 4 is 61.4 Å². The molecule has 5 rings (SSSR count). The fourth-order valence-corrected chi connectivity index (χ4v) is 3.77. The van der Waals surface area contributed by atoms with Crippen molar-refractivity contribution in [2.75, 3.05) is 0 Å². The third kappa shape index (κ3) is 3.87. The van der Waals surface area contributed by atoms with Crippen molar-refractivity contribution in [2.45, 2.75) is 0 Å². The zero-order chi connectivity index (χ0) is 21.4. The van der Waals surface area contributed by atoms with Gasteiger partial charge in [-0.25, -0.2) is 5.43 Å². The lowest BCUT2D eigenvalue weighted by atomic mass is 10.1. The first-order valence-corrected chi connectivity index (χ1v) is 10.6. The van der Waals surface area contributed by atoms with Crippen molar-refractivity contribution in [3.63, 3.8) is 0 Å². The van der Waals surface area contributed by atoms with Crippen LogP contribution in [0.25, 0.3) is 33.1 Å². The maximum absolute atomic E-state index is 12.5. The number of halogens is 2. The second-order valence-corrected chi connectivity index (χ2v) is 8.10. The van der Waals surface area contributed by atoms with Crippen molar-refractivity contribution in [1.82, 2.24) is 5.43 Å². The summed E-state index contributed by atoms with van der Waals surface area (Å²) in [5.74, 6) is 0.882. The van der Waals surface area contributed by atoms with Gasteiger partial charge in [-0.05, 0) is 63.1 Å². The zero-order valence-electron chi connectivity index (χ0n) is 15.9. The predicted molar refractivity (Wildman–Crippen MR) is 126 cm³/mol. The molecule has 0 radical (unpaired) electrons. The van der Waals surface area contributed by atoms with Crippen molar-refractivity contribution < 1.29 is 13.6 Å². The second-order valence-electron chi connectivity index (χ2n) is 6.84. The fourth-order valence-electron chi connectivity index (χ4n) is 3.34. The number of furan rings is 2. The highest BCUT2D eigenvalue weighted by Gasteiger charge is 2.13. The first-order chi connectivity index (χ1) is 15.1. The Hall–Kier alpha value is -3.35. The third-order valence-electron chi connectivity index (χ3n) is 4.84. The minimum absolute atomic E-state index is 0.188. The minimum Gasteiger partial charge on any atom is -0.455 e. The third-order valence-corrected chi connectivity index (χ3v) is 6.07. The van der Waals surface area contributed by atoms with Gasteiger partial charge in [0.2, 0.25) is 0 Å². The first kappa shape index (κ1) is 19.6. The zero-order valence-corrected chi connectivity index (χ0v) is 18.3. The molecule has 0 aliphatic heterocycles. The topological polar surface area (TPSA) is 67.7 Å². The molecule has 0 saturated carbocycles. The van der Waals surface area contributed by atoms with Crippen LogP contribution < -0.4 is 5.43 Å². The molecule has 0 atom stereocenters. The number of hydrogen-bond acceptors (Lipinski definition) is 4. The lowest BCUT2D eigenvalue weighted by molar-refractivity contribution is 0.0929. The van der Waals surface area contributed by atoms with E-state index in [-0.39, 0.29) is 5.76 Å². The summed E-state index contributed by atoms with van der Waals surface area (Å²) in [6.07, 6.45) is 1.43. The summed E-state index contributed by atoms with van der Waals surface area (Å²) in [7, 11) is 0. The Bertz CT molecular complexity index is 1470. The van der Waals surface area contributed by atoms with E-state index in [2.05, 4.69) is 26.5 Å². The summed E-state index contributed by atoms with van der Waals surface area (Å²) in [6, 6.07) is 22.6. The Morgan fingerprint density at radius 3 is 2.71 bits per heavy atom. The molecule has 1 N–H and O–H groups in total. The molecule has 7 heteroatoms. The molecule has 0 saturated heterocycles. The number of rotatable bonds is 4. The number of amides is 1. The first-order valence-electron chi connectivity index (χ1n) is 9.38. The smallest absolute Gasteiger partial charge is 0.307 e. The fraction of sp³-hybridized carbons (Fsp3) is 0. The number of carbonyl (C=O) groups excluding carboxylic acids is 1. The van der Waals surface area contributed by atoms with Crippen molar-refractivity contribution in [3.8, 4) is 11.3 Å². The summed E-state index contributed by atoms with van der Waals surface area (Å²) < 4.78 is 12.3. The molecule has 31 heavy (non-hydrogen) atoms. The molecule has 152 valence electrons. The van der Waals surface area contributed by atoms with Gasteiger partial charge < -0.3 is 8.83 Å². The minimum atomic E-state index is -0.442. The summed E-state index contributed by atoms with van der Waals surface area (Å²) in [5, 5.41) is 7.57. The van der Waals surface area contributed by atoms with Gasteiger partial charge in [0.05, 0.1) is 11.2 Å². The Morgan fingerprint density at radius 1 is 0.968 bits per heavy atom. The van der Waals surface area contributed by atoms with Gasteiger partial charge in [0.1, 0.15) is 17.1 Å². The number of fused-ring (bicyclic) bond motifs is 3. The van der Waals surface area contributed by atoms with Gasteiger partial charge in [-0.2, -0.15) is 5.10 Å². The predicted octanol–water partition coefficient (Wildman–Crippen LogP) is 7.03. The van der Waals surface area contributed by atoms with Crippen LogP contribution in [0.5, 0.6) is 0 Å². The average molecular weight is 494 g/mol. The Morgan fingerprint density at radius 2 is 1.84 bits per heavy atom. The molecular weight excluding hydrogens is 480 g/mol. The van der Waals surface area contributed by atoms with Gasteiger partial charge in [-0.3, -0.25) is 4.79 Å². The van der Waals surface area contributed by atoms with Crippen LogP contribution in [0.2, 0.25) is 5.02 Å². The monoisotopic (exact) mass is 492 g/mol. The van der Waals surface area contributed by atoms with Crippen LogP contribution in [-0.4, -0.2) is 12.1 Å². The van der Waals surface area contributed by atoms with E-state index in [0.717, 1.165) is 26.2 Å². The summed E-state index contributed by atoms with van der Waals surface area (Å²) in [5.41, 5.74) is 3.96. The Balaban J connectivity index is 1.32. The van der Waals surface area contributed by atoms with E-state index in [1.807, 2.05) is 54.6 Å². The van der Waals surface area contributed by atoms with Crippen LogP contribution in [-0.2, 0) is 0 Å². The van der Waals surface area contributed by atoms with E-state index in [0.29, 0.717) is 22.1 Å². The van der Waals surface area contributed by atoms with Crippen molar-refractivity contribution in [1.29, 1.82) is 0 Å². The molecule has 0 fully saturated rings. The van der Waals surface area contributed by atoms with E-state index in [1.54, 1.807) is 18.2 Å². The van der Waals surface area contributed by atoms with Crippen molar-refractivity contribution in [2.24, 2.45) is 5.10 Å². The molecule has 1 amide bonds. The van der Waals surface area contributed by atoms with Crippen LogP contribution >= 0.6 is 27.5 Å². The molecule has 0 aliphatic rings. The molecule has 0 spiro atoms. The highest BCUT2D eigenvalue weighted by atomic mass is 79.9. The lowest BCUT2D eigenvalue weighted by Gasteiger charge is -1.99. The average Bonchev–Trinajstić information content (AvgIpc) is 3.43. The van der Waals surface area contributed by atoms with Crippen LogP contribution in [0, 0.1) is 0 Å². The Kier molecular flexibility index (Phi) is 5.10. The molecule has 5 aromatic rings. The van der Waals surface area contributed by atoms with E-state index in [1.165, 1.54) is 6.21 Å². The van der Waals surface area contributed by atoms with Gasteiger partial charge >= 0.3 is 5.91 Å². The van der Waals surface area contributed by atoms with Gasteiger partial charge in [0, 0.05) is 15.4 Å². The maximum Gasteiger partial charge on any atom is 0.307 e. The van der Waals surface area contributed by atoms with Crippen LogP contribution in [0.4, 0.5) is 0 Å². The SMILES string of the molecule is O=C(NN=Cc1ccc(-c2ccc(Br)c(Cl)c2)o1)c1cc2c(ccc3ccccc32)o1. The molecule has 0 aliphatic carbocycles. The Labute approximate surface area is 190 Å². The molecule has 5 nitrogen and oxygen atoms in total. The van der Waals surface area contributed by atoms with Gasteiger partial charge in [0.25, 0.3) is 0 Å². The number of benzene rings is 3. The second kappa shape index (κ2) is 8.06. The maximum atomic E-state index is 12.5. The quantitative estimate of drug-likeness (QED) is 0.216. The normalized spacial score (nSPS) is 11.5. The molecule has 2 heterocycles. The largest absolute Gasteiger partial charge is 0.455 e. The number of carbonyl (C=O) groups is 1. The number of nitrogens with zero attached hydrogens (tertiary/aromatic N) is 1. The highest BCUT2D eigenvalue weighted by molar-refractivity contribution is 9.10. The number of hydrazone groups is 1. The van der Waals surface area contributed by atoms with Gasteiger partial charge in [-0.1, -0.05) is 48.0 Å². The van der Waals surface area contributed by atoms with Crippen LogP contribution in [0.1, 0.15) is 16.3 Å². The molecule has 0 unspecified atom stereocenters. The van der Waals surface area contributed by atoms with E-state index in [9.17, 15) is 4.79 Å². The van der Waals surface area contributed by atoms with E-state index in [4.69, 9.17) is 20.4 Å². The number of hydrogen-bond donors (Lipinski definition) is 1. The molecule has 2 aromatic heterocycles. The van der Waals surface area contributed by atoms with Crippen LogP contribution in [0.15, 0.2) is 91.2 Å². The number of nitrogens with one attached hydrogen (secondary N) is 1. The standard InChI is InChI=1S/C24H14BrClN2O3/c25-19-8-5-15(11-20(19)26)21-10-7-16(30-21)13-27-28-24(29)23-12-18-17-4-2-1-3-14(17)6-9-22(18)31-23/h1-13H,(H,28,29). The van der Waals surface area contributed by atoms with Crippen molar-refractivity contribution in [3.05, 3.63) is 93.8 Å². The highest BCUT2D eigenvalue weighted by Crippen LogP contribution is 2.30. The molecular formula is C24H14BrClN2O3. The van der Waals surface area contributed by atoms with Crippen LogP contribution in [0.3, 0.4) is 0 Å². The summed E-state index contributed by atoms with van der Waals surface area (Å²) in [4.78, 5) is 12.5. The lowest BCUT2D eigenvalue weighted by Crippen LogP contribution is -2.16. The van der Waals surface area contributed by atoms with E-state index >= 15 is 0 Å².